The molecule has 2 aromatic carbocycles. The van der Waals surface area contributed by atoms with Crippen molar-refractivity contribution >= 4 is 23.2 Å². The smallest absolute Gasteiger partial charge is 0.0773 e. The van der Waals surface area contributed by atoms with Crippen molar-refractivity contribution in [1.29, 1.82) is 0 Å². The predicted molar refractivity (Wildman–Crippen MR) is 79.5 cm³/mol. The molecule has 0 heterocycles. The molecule has 0 aromatic heterocycles. The molecule has 0 fully saturated rings. The van der Waals surface area contributed by atoms with E-state index in [1.54, 1.807) is 18.2 Å². The quantitative estimate of drug-likeness (QED) is 0.905. The van der Waals surface area contributed by atoms with Crippen molar-refractivity contribution in [2.45, 2.75) is 18.6 Å². The highest BCUT2D eigenvalue weighted by atomic mass is 35.5. The molecule has 0 radical (unpaired) electrons. The molecular formula is C15H15Cl2NO. The molecule has 2 aromatic rings. The summed E-state index contributed by atoms with van der Waals surface area (Å²) in [7, 11) is 0. The van der Waals surface area contributed by atoms with Crippen molar-refractivity contribution in [3.63, 3.8) is 0 Å². The molecule has 0 spiro atoms. The van der Waals surface area contributed by atoms with Crippen LogP contribution in [0.5, 0.6) is 0 Å². The van der Waals surface area contributed by atoms with Crippen LogP contribution in [-0.4, -0.2) is 11.2 Å². The number of benzene rings is 2. The summed E-state index contributed by atoms with van der Waals surface area (Å²) < 4.78 is 0. The maximum absolute atomic E-state index is 10.2. The molecule has 4 heteroatoms. The zero-order valence-corrected chi connectivity index (χ0v) is 11.8. The van der Waals surface area contributed by atoms with E-state index in [0.717, 1.165) is 5.56 Å². The number of aliphatic hydroxyl groups is 1. The molecule has 2 atom stereocenters. The van der Waals surface area contributed by atoms with Crippen molar-refractivity contribution in [3.05, 3.63) is 69.7 Å². The SMILES string of the molecule is N[C@H](c1cccc(Cl)c1Cl)[C@@H](O)Cc1ccccc1. The molecule has 2 rings (SSSR count). The lowest BCUT2D eigenvalue weighted by atomic mass is 9.97. The molecule has 19 heavy (non-hydrogen) atoms. The van der Waals surface area contributed by atoms with Crippen molar-refractivity contribution in [1.82, 2.24) is 0 Å². The minimum atomic E-state index is -0.710. The average Bonchev–Trinajstić information content (AvgIpc) is 2.42. The van der Waals surface area contributed by atoms with E-state index in [9.17, 15) is 5.11 Å². The topological polar surface area (TPSA) is 46.2 Å². The van der Waals surface area contributed by atoms with Crippen LogP contribution in [0.1, 0.15) is 17.2 Å². The molecule has 0 aliphatic rings. The first-order chi connectivity index (χ1) is 9.09. The van der Waals surface area contributed by atoms with Gasteiger partial charge in [-0.25, -0.2) is 0 Å². The summed E-state index contributed by atoms with van der Waals surface area (Å²) in [5.41, 5.74) is 7.76. The monoisotopic (exact) mass is 295 g/mol. The Kier molecular flexibility index (Phi) is 4.83. The number of hydrogen-bond acceptors (Lipinski definition) is 2. The van der Waals surface area contributed by atoms with Gasteiger partial charge >= 0.3 is 0 Å². The van der Waals surface area contributed by atoms with Gasteiger partial charge in [-0.1, -0.05) is 65.7 Å². The molecule has 3 N–H and O–H groups in total. The predicted octanol–water partition coefficient (Wildman–Crippen LogP) is 3.60. The second kappa shape index (κ2) is 6.40. The lowest BCUT2D eigenvalue weighted by molar-refractivity contribution is 0.145. The Bertz CT molecular complexity index is 545. The van der Waals surface area contributed by atoms with E-state index in [-0.39, 0.29) is 0 Å². The minimum absolute atomic E-state index is 0.406. The van der Waals surface area contributed by atoms with Crippen LogP contribution in [0.15, 0.2) is 48.5 Å². The first-order valence-electron chi connectivity index (χ1n) is 6.01. The standard InChI is InChI=1S/C15H15Cl2NO/c16-12-8-4-7-11(14(12)17)15(18)13(19)9-10-5-2-1-3-6-10/h1-8,13,15,19H,9,18H2/t13-,15+/m0/s1. The van der Waals surface area contributed by atoms with Crippen LogP contribution in [0, 0.1) is 0 Å². The van der Waals surface area contributed by atoms with E-state index >= 15 is 0 Å². The normalized spacial score (nSPS) is 14.1. The second-order valence-electron chi connectivity index (χ2n) is 4.43. The van der Waals surface area contributed by atoms with E-state index in [1.807, 2.05) is 30.3 Å². The Morgan fingerprint density at radius 2 is 1.68 bits per heavy atom. The highest BCUT2D eigenvalue weighted by Crippen LogP contribution is 2.30. The third-order valence-corrected chi connectivity index (χ3v) is 3.88. The van der Waals surface area contributed by atoms with E-state index in [1.165, 1.54) is 0 Å². The highest BCUT2D eigenvalue weighted by molar-refractivity contribution is 6.42. The highest BCUT2D eigenvalue weighted by Gasteiger charge is 2.20. The fourth-order valence-electron chi connectivity index (χ4n) is 1.97. The Balaban J connectivity index is 2.15. The van der Waals surface area contributed by atoms with E-state index in [0.29, 0.717) is 22.0 Å². The van der Waals surface area contributed by atoms with Crippen LogP contribution in [-0.2, 0) is 6.42 Å². The third-order valence-electron chi connectivity index (χ3n) is 3.04. The third kappa shape index (κ3) is 3.48. The van der Waals surface area contributed by atoms with Crippen molar-refractivity contribution < 1.29 is 5.11 Å². The molecular weight excluding hydrogens is 281 g/mol. The van der Waals surface area contributed by atoms with Gasteiger partial charge in [0, 0.05) is 6.42 Å². The Labute approximate surface area is 122 Å². The number of rotatable bonds is 4. The second-order valence-corrected chi connectivity index (χ2v) is 5.21. The minimum Gasteiger partial charge on any atom is -0.391 e. The van der Waals surface area contributed by atoms with Gasteiger partial charge in [0.25, 0.3) is 0 Å². The fourth-order valence-corrected chi connectivity index (χ4v) is 2.40. The van der Waals surface area contributed by atoms with Gasteiger partial charge in [-0.05, 0) is 17.2 Å². The molecule has 0 aliphatic heterocycles. The molecule has 0 amide bonds. The largest absolute Gasteiger partial charge is 0.391 e. The number of hydrogen-bond donors (Lipinski definition) is 2. The summed E-state index contributed by atoms with van der Waals surface area (Å²) in [6.45, 7) is 0. The van der Waals surface area contributed by atoms with Gasteiger partial charge in [-0.3, -0.25) is 0 Å². The maximum atomic E-state index is 10.2. The summed E-state index contributed by atoms with van der Waals surface area (Å²) in [6, 6.07) is 14.4. The Morgan fingerprint density at radius 1 is 1.00 bits per heavy atom. The first-order valence-corrected chi connectivity index (χ1v) is 6.76. The Hall–Kier alpha value is -1.06. The molecule has 0 unspecified atom stereocenters. The van der Waals surface area contributed by atoms with Gasteiger partial charge in [-0.15, -0.1) is 0 Å². The number of nitrogens with two attached hydrogens (primary N) is 1. The number of halogens is 2. The van der Waals surface area contributed by atoms with Gasteiger partial charge < -0.3 is 10.8 Å². The average molecular weight is 296 g/mol. The summed E-state index contributed by atoms with van der Waals surface area (Å²) in [5, 5.41) is 11.1. The summed E-state index contributed by atoms with van der Waals surface area (Å²) in [4.78, 5) is 0. The van der Waals surface area contributed by atoms with E-state index in [4.69, 9.17) is 28.9 Å². The van der Waals surface area contributed by atoms with Gasteiger partial charge in [0.2, 0.25) is 0 Å². The summed E-state index contributed by atoms with van der Waals surface area (Å²) in [6.07, 6.45) is -0.233. The van der Waals surface area contributed by atoms with Crippen LogP contribution >= 0.6 is 23.2 Å². The fraction of sp³-hybridized carbons (Fsp3) is 0.200. The van der Waals surface area contributed by atoms with E-state index < -0.39 is 12.1 Å². The summed E-state index contributed by atoms with van der Waals surface area (Å²) >= 11 is 12.1. The Morgan fingerprint density at radius 3 is 2.37 bits per heavy atom. The zero-order valence-electron chi connectivity index (χ0n) is 10.3. The maximum Gasteiger partial charge on any atom is 0.0773 e. The lowest BCUT2D eigenvalue weighted by Gasteiger charge is -2.20. The van der Waals surface area contributed by atoms with Gasteiger partial charge in [0.1, 0.15) is 0 Å². The number of aliphatic hydroxyl groups excluding tert-OH is 1. The molecule has 0 saturated heterocycles. The lowest BCUT2D eigenvalue weighted by Crippen LogP contribution is -2.28. The van der Waals surface area contributed by atoms with Crippen molar-refractivity contribution in [3.8, 4) is 0 Å². The zero-order chi connectivity index (χ0) is 13.8. The van der Waals surface area contributed by atoms with Crippen LogP contribution < -0.4 is 5.73 Å². The van der Waals surface area contributed by atoms with E-state index in [2.05, 4.69) is 0 Å². The molecule has 0 bridgehead atoms. The van der Waals surface area contributed by atoms with Crippen molar-refractivity contribution in [2.75, 3.05) is 0 Å². The van der Waals surface area contributed by atoms with Gasteiger partial charge in [0.15, 0.2) is 0 Å². The molecule has 2 nitrogen and oxygen atoms in total. The molecule has 100 valence electrons. The van der Waals surface area contributed by atoms with Crippen LogP contribution in [0.25, 0.3) is 0 Å². The first kappa shape index (κ1) is 14.4. The van der Waals surface area contributed by atoms with Gasteiger partial charge in [0.05, 0.1) is 22.2 Å². The molecule has 0 aliphatic carbocycles. The van der Waals surface area contributed by atoms with Crippen LogP contribution in [0.4, 0.5) is 0 Å². The van der Waals surface area contributed by atoms with Gasteiger partial charge in [-0.2, -0.15) is 0 Å². The molecule has 0 saturated carbocycles. The summed E-state index contributed by atoms with van der Waals surface area (Å²) in [5.74, 6) is 0. The van der Waals surface area contributed by atoms with Crippen LogP contribution in [0.2, 0.25) is 10.0 Å². The van der Waals surface area contributed by atoms with Crippen molar-refractivity contribution in [2.24, 2.45) is 5.73 Å². The van der Waals surface area contributed by atoms with Crippen LogP contribution in [0.3, 0.4) is 0 Å².